The average Bonchev–Trinajstić information content (AvgIpc) is 2.69. The van der Waals surface area contributed by atoms with Gasteiger partial charge >= 0.3 is 0 Å². The van der Waals surface area contributed by atoms with Crippen molar-refractivity contribution in [1.29, 1.82) is 0 Å². The molecule has 0 unspecified atom stereocenters. The molecule has 5 N–H and O–H groups in total. The van der Waals surface area contributed by atoms with Crippen LogP contribution in [0.4, 0.5) is 0 Å². The van der Waals surface area contributed by atoms with Gasteiger partial charge in [-0.25, -0.2) is 0 Å². The predicted molar refractivity (Wildman–Crippen MR) is 115 cm³/mol. The van der Waals surface area contributed by atoms with Gasteiger partial charge < -0.3 is 30.7 Å². The number of carbonyl (C=O) groups excluding carboxylic acids is 2. The molecule has 3 aromatic rings. The molecule has 8 nitrogen and oxygen atoms in total. The molecule has 31 heavy (non-hydrogen) atoms. The van der Waals surface area contributed by atoms with E-state index in [1.165, 1.54) is 32.0 Å². The van der Waals surface area contributed by atoms with E-state index in [9.17, 15) is 19.8 Å². The molecule has 0 fully saturated rings. The Morgan fingerprint density at radius 2 is 1.61 bits per heavy atom. The number of hydrogen-bond donors (Lipinski definition) is 4. The Kier molecular flexibility index (Phi) is 6.20. The minimum atomic E-state index is -1.24. The van der Waals surface area contributed by atoms with Crippen LogP contribution >= 0.6 is 0 Å². The maximum atomic E-state index is 12.9. The summed E-state index contributed by atoms with van der Waals surface area (Å²) in [7, 11) is 0. The molecule has 0 radical (unpaired) electrons. The highest BCUT2D eigenvalue weighted by atomic mass is 16.5. The fraction of sp³-hybridized carbons (Fsp3) is 0.217. The second-order valence-corrected chi connectivity index (χ2v) is 7.49. The average molecular weight is 424 g/mol. The van der Waals surface area contributed by atoms with E-state index in [0.717, 1.165) is 10.8 Å². The largest absolute Gasteiger partial charge is 0.508 e. The van der Waals surface area contributed by atoms with E-state index in [1.54, 1.807) is 12.1 Å². The first-order valence-electron chi connectivity index (χ1n) is 9.60. The van der Waals surface area contributed by atoms with E-state index in [2.05, 4.69) is 5.32 Å². The van der Waals surface area contributed by atoms with Crippen molar-refractivity contribution >= 4 is 22.6 Å². The summed E-state index contributed by atoms with van der Waals surface area (Å²) >= 11 is 0. The minimum Gasteiger partial charge on any atom is -0.508 e. The van der Waals surface area contributed by atoms with E-state index in [4.69, 9.17) is 15.2 Å². The molecular weight excluding hydrogens is 400 g/mol. The number of phenols is 2. The highest BCUT2D eigenvalue weighted by Gasteiger charge is 2.29. The molecular formula is C23H24N2O6. The number of carbonyl (C=O) groups is 2. The molecule has 3 rings (SSSR count). The molecule has 0 heterocycles. The Labute approximate surface area is 179 Å². The third kappa shape index (κ3) is 5.16. The Morgan fingerprint density at radius 3 is 2.29 bits per heavy atom. The van der Waals surface area contributed by atoms with Crippen LogP contribution in [-0.2, 0) is 4.79 Å². The molecule has 0 aliphatic rings. The lowest BCUT2D eigenvalue weighted by Crippen LogP contribution is -2.53. The van der Waals surface area contributed by atoms with Crippen molar-refractivity contribution in [2.24, 2.45) is 5.73 Å². The van der Waals surface area contributed by atoms with Crippen LogP contribution in [0, 0.1) is 0 Å². The first-order chi connectivity index (χ1) is 14.7. The fourth-order valence-electron chi connectivity index (χ4n) is 2.94. The SMILES string of the molecule is CC(C)(NC(=O)c1ccc2ccccc2c1OCCOc1cc(O)cc(O)c1)C(N)=O. The van der Waals surface area contributed by atoms with Crippen LogP contribution in [0.2, 0.25) is 0 Å². The van der Waals surface area contributed by atoms with Gasteiger partial charge in [0.1, 0.15) is 41.8 Å². The topological polar surface area (TPSA) is 131 Å². The number of phenolic OH excluding ortho intramolecular Hbond substituents is 2. The van der Waals surface area contributed by atoms with Crippen molar-refractivity contribution in [3.05, 3.63) is 60.2 Å². The smallest absolute Gasteiger partial charge is 0.255 e. The number of nitrogens with two attached hydrogens (primary N) is 1. The molecule has 2 amide bonds. The van der Waals surface area contributed by atoms with Gasteiger partial charge in [-0.1, -0.05) is 30.3 Å². The molecule has 0 aromatic heterocycles. The van der Waals surface area contributed by atoms with Crippen LogP contribution in [0.3, 0.4) is 0 Å². The number of amides is 2. The quantitative estimate of drug-likeness (QED) is 0.411. The van der Waals surface area contributed by atoms with Crippen LogP contribution in [0.15, 0.2) is 54.6 Å². The molecule has 0 aliphatic carbocycles. The Hall–Kier alpha value is -3.94. The van der Waals surface area contributed by atoms with Crippen molar-refractivity contribution in [3.63, 3.8) is 0 Å². The minimum absolute atomic E-state index is 0.0872. The number of nitrogens with one attached hydrogen (secondary N) is 1. The fourth-order valence-corrected chi connectivity index (χ4v) is 2.94. The van der Waals surface area contributed by atoms with Crippen LogP contribution in [0.5, 0.6) is 23.0 Å². The summed E-state index contributed by atoms with van der Waals surface area (Å²) < 4.78 is 11.4. The summed E-state index contributed by atoms with van der Waals surface area (Å²) in [5, 5.41) is 23.3. The predicted octanol–water partition coefficient (Wildman–Crippen LogP) is 2.70. The summed E-state index contributed by atoms with van der Waals surface area (Å²) in [6.07, 6.45) is 0. The molecule has 0 spiro atoms. The van der Waals surface area contributed by atoms with E-state index >= 15 is 0 Å². The van der Waals surface area contributed by atoms with Gasteiger partial charge in [0.25, 0.3) is 5.91 Å². The molecule has 3 aromatic carbocycles. The molecule has 0 saturated carbocycles. The first-order valence-corrected chi connectivity index (χ1v) is 9.60. The number of fused-ring (bicyclic) bond motifs is 1. The van der Waals surface area contributed by atoms with Crippen LogP contribution in [-0.4, -0.2) is 40.8 Å². The molecule has 0 aliphatic heterocycles. The molecule has 162 valence electrons. The lowest BCUT2D eigenvalue weighted by Gasteiger charge is -2.23. The Bertz CT molecular complexity index is 1110. The van der Waals surface area contributed by atoms with Crippen LogP contribution in [0.25, 0.3) is 10.8 Å². The zero-order valence-corrected chi connectivity index (χ0v) is 17.2. The van der Waals surface area contributed by atoms with Gasteiger partial charge in [-0.3, -0.25) is 9.59 Å². The van der Waals surface area contributed by atoms with E-state index in [0.29, 0.717) is 5.75 Å². The summed E-state index contributed by atoms with van der Waals surface area (Å²) in [5.74, 6) is -0.782. The lowest BCUT2D eigenvalue weighted by molar-refractivity contribution is -0.122. The maximum absolute atomic E-state index is 12.9. The van der Waals surface area contributed by atoms with Gasteiger partial charge in [0, 0.05) is 23.6 Å². The highest BCUT2D eigenvalue weighted by Crippen LogP contribution is 2.31. The lowest BCUT2D eigenvalue weighted by atomic mass is 10.0. The van der Waals surface area contributed by atoms with Gasteiger partial charge in [0.05, 0.1) is 5.56 Å². The normalized spacial score (nSPS) is 11.2. The number of benzene rings is 3. The van der Waals surface area contributed by atoms with E-state index in [-0.39, 0.29) is 36.0 Å². The second kappa shape index (κ2) is 8.83. The molecule has 0 saturated heterocycles. The van der Waals surface area contributed by atoms with Crippen LogP contribution < -0.4 is 20.5 Å². The van der Waals surface area contributed by atoms with Crippen molar-refractivity contribution < 1.29 is 29.3 Å². The van der Waals surface area contributed by atoms with Gasteiger partial charge in [-0.2, -0.15) is 0 Å². The Morgan fingerprint density at radius 1 is 0.968 bits per heavy atom. The van der Waals surface area contributed by atoms with Crippen molar-refractivity contribution in [3.8, 4) is 23.0 Å². The summed E-state index contributed by atoms with van der Waals surface area (Å²) in [6, 6.07) is 14.8. The number of hydrogen-bond acceptors (Lipinski definition) is 6. The highest BCUT2D eigenvalue weighted by molar-refractivity contribution is 6.05. The Balaban J connectivity index is 1.81. The van der Waals surface area contributed by atoms with E-state index in [1.807, 2.05) is 24.3 Å². The maximum Gasteiger partial charge on any atom is 0.255 e. The zero-order valence-electron chi connectivity index (χ0n) is 17.2. The van der Waals surface area contributed by atoms with Crippen molar-refractivity contribution in [1.82, 2.24) is 5.32 Å². The summed E-state index contributed by atoms with van der Waals surface area (Å²) in [4.78, 5) is 24.5. The van der Waals surface area contributed by atoms with Crippen LogP contribution in [0.1, 0.15) is 24.2 Å². The zero-order chi connectivity index (χ0) is 22.6. The number of aromatic hydroxyl groups is 2. The van der Waals surface area contributed by atoms with Gasteiger partial charge in [-0.15, -0.1) is 0 Å². The van der Waals surface area contributed by atoms with Gasteiger partial charge in [-0.05, 0) is 25.3 Å². The number of ether oxygens (including phenoxy) is 2. The third-order valence-electron chi connectivity index (χ3n) is 4.64. The number of rotatable bonds is 8. The third-order valence-corrected chi connectivity index (χ3v) is 4.64. The molecule has 0 bridgehead atoms. The first kappa shape index (κ1) is 21.8. The molecule has 8 heteroatoms. The summed E-state index contributed by atoms with van der Waals surface area (Å²) in [5.41, 5.74) is 4.38. The number of primary amides is 1. The summed E-state index contributed by atoms with van der Waals surface area (Å²) in [6.45, 7) is 3.23. The molecule has 0 atom stereocenters. The van der Waals surface area contributed by atoms with Crippen molar-refractivity contribution in [2.75, 3.05) is 13.2 Å². The standard InChI is InChI=1S/C23H24N2O6/c1-23(2,22(24)29)25-21(28)19-8-7-14-5-3-4-6-18(14)20(19)31-10-9-30-17-12-15(26)11-16(27)13-17/h3-8,11-13,26-27H,9-10H2,1-2H3,(H2,24,29)(H,25,28). The van der Waals surface area contributed by atoms with Crippen molar-refractivity contribution in [2.45, 2.75) is 19.4 Å². The van der Waals surface area contributed by atoms with E-state index < -0.39 is 17.4 Å². The monoisotopic (exact) mass is 424 g/mol. The second-order valence-electron chi connectivity index (χ2n) is 7.49. The van der Waals surface area contributed by atoms with Gasteiger partial charge in [0.2, 0.25) is 5.91 Å². The van der Waals surface area contributed by atoms with Gasteiger partial charge in [0.15, 0.2) is 0 Å².